The summed E-state index contributed by atoms with van der Waals surface area (Å²) in [6, 6.07) is 0. The van der Waals surface area contributed by atoms with Gasteiger partial charge < -0.3 is 14.9 Å². The van der Waals surface area contributed by atoms with Gasteiger partial charge in [0.1, 0.15) is 10.5 Å². The Balaban J connectivity index is 2.22. The predicted molar refractivity (Wildman–Crippen MR) is 116 cm³/mol. The van der Waals surface area contributed by atoms with Crippen LogP contribution >= 0.6 is 0 Å². The van der Waals surface area contributed by atoms with Gasteiger partial charge in [-0.2, -0.15) is 0 Å². The number of rotatable bonds is 7. The lowest BCUT2D eigenvalue weighted by Crippen LogP contribution is -2.27. The number of Topliss-reactive ketones (excluding diaryl/α,β-unsaturated/α-hetero) is 1. The van der Waals surface area contributed by atoms with Crippen molar-refractivity contribution < 1.29 is 33.0 Å². The van der Waals surface area contributed by atoms with Crippen molar-refractivity contribution in [1.82, 2.24) is 0 Å². The summed E-state index contributed by atoms with van der Waals surface area (Å²) in [6.07, 6.45) is 11.0. The third-order valence-corrected chi connectivity index (χ3v) is 6.66. The molecule has 31 heavy (non-hydrogen) atoms. The van der Waals surface area contributed by atoms with E-state index in [0.29, 0.717) is 12.8 Å². The van der Waals surface area contributed by atoms with Gasteiger partial charge in [0.05, 0.1) is 13.2 Å². The summed E-state index contributed by atoms with van der Waals surface area (Å²) in [5.74, 6) is 4.35. The number of carbonyl (C=O) groups excluding carboxylic acids is 2. The van der Waals surface area contributed by atoms with Crippen LogP contribution in [0.4, 0.5) is 0 Å². The van der Waals surface area contributed by atoms with Gasteiger partial charge in [-0.1, -0.05) is 37.2 Å². The molecule has 1 saturated carbocycles. The second-order valence-electron chi connectivity index (χ2n) is 7.99. The topological polar surface area (TPSA) is 118 Å². The first-order chi connectivity index (χ1) is 14.6. The molecule has 8 heteroatoms. The molecule has 0 spiro atoms. The van der Waals surface area contributed by atoms with Gasteiger partial charge in [0.25, 0.3) is 0 Å². The molecular formula is C23H30O7S. The van der Waals surface area contributed by atoms with Gasteiger partial charge in [0.15, 0.2) is 9.84 Å². The van der Waals surface area contributed by atoms with Crippen LogP contribution in [0.1, 0.15) is 51.4 Å². The van der Waals surface area contributed by atoms with E-state index in [0.717, 1.165) is 44.4 Å². The molecule has 0 aliphatic heterocycles. The second-order valence-corrected chi connectivity index (χ2v) is 9.98. The number of sulfone groups is 1. The van der Waals surface area contributed by atoms with Crippen LogP contribution < -0.4 is 0 Å². The van der Waals surface area contributed by atoms with E-state index in [9.17, 15) is 28.2 Å². The van der Waals surface area contributed by atoms with Gasteiger partial charge >= 0.3 is 5.97 Å². The van der Waals surface area contributed by atoms with Crippen LogP contribution in [0.15, 0.2) is 34.8 Å². The number of ether oxygens (including phenoxy) is 1. The maximum absolute atomic E-state index is 12.7. The first-order valence-corrected chi connectivity index (χ1v) is 12.3. The van der Waals surface area contributed by atoms with Crippen LogP contribution in [0.25, 0.3) is 0 Å². The minimum Gasteiger partial charge on any atom is -0.469 e. The van der Waals surface area contributed by atoms with Crippen molar-refractivity contribution in [2.24, 2.45) is 5.92 Å². The maximum Gasteiger partial charge on any atom is 0.305 e. The van der Waals surface area contributed by atoms with Crippen molar-refractivity contribution in [3.63, 3.8) is 0 Å². The lowest BCUT2D eigenvalue weighted by atomic mass is 9.84. The minimum absolute atomic E-state index is 0.0751. The molecule has 170 valence electrons. The molecule has 2 atom stereocenters. The highest BCUT2D eigenvalue weighted by Crippen LogP contribution is 2.35. The molecule has 2 rings (SSSR count). The fraction of sp³-hybridized carbons (Fsp3) is 0.565. The van der Waals surface area contributed by atoms with E-state index in [4.69, 9.17) is 0 Å². The van der Waals surface area contributed by atoms with Crippen molar-refractivity contribution in [3.8, 4) is 11.8 Å². The van der Waals surface area contributed by atoms with Gasteiger partial charge in [0.2, 0.25) is 5.78 Å². The fourth-order valence-corrected chi connectivity index (χ4v) is 4.59. The molecule has 0 saturated heterocycles. The van der Waals surface area contributed by atoms with E-state index < -0.39 is 32.2 Å². The van der Waals surface area contributed by atoms with Crippen LogP contribution in [0, 0.1) is 17.8 Å². The van der Waals surface area contributed by atoms with E-state index >= 15 is 0 Å². The average molecular weight is 451 g/mol. The number of unbranched alkanes of at least 4 members (excludes halogenated alkanes) is 1. The summed E-state index contributed by atoms with van der Waals surface area (Å²) in [4.78, 5) is 23.3. The molecule has 7 nitrogen and oxygen atoms in total. The van der Waals surface area contributed by atoms with Crippen molar-refractivity contribution >= 4 is 21.6 Å². The van der Waals surface area contributed by atoms with E-state index in [-0.39, 0.29) is 23.9 Å². The van der Waals surface area contributed by atoms with Crippen LogP contribution in [0.3, 0.4) is 0 Å². The normalized spacial score (nSPS) is 24.7. The molecule has 0 aromatic rings. The second kappa shape index (κ2) is 10.9. The molecule has 1 fully saturated rings. The summed E-state index contributed by atoms with van der Waals surface area (Å²) in [6.45, 7) is 0. The molecular weight excluding hydrogens is 420 g/mol. The van der Waals surface area contributed by atoms with E-state index in [1.165, 1.54) is 25.3 Å². The number of hydrogen-bond donors (Lipinski definition) is 2. The molecule has 2 aliphatic rings. The van der Waals surface area contributed by atoms with Crippen molar-refractivity contribution in [3.05, 3.63) is 34.8 Å². The summed E-state index contributed by atoms with van der Waals surface area (Å²) in [5.41, 5.74) is -2.15. The van der Waals surface area contributed by atoms with Crippen LogP contribution in [-0.4, -0.2) is 55.5 Å². The Morgan fingerprint density at radius 3 is 2.65 bits per heavy atom. The number of ketones is 1. The zero-order valence-electron chi connectivity index (χ0n) is 18.0. The lowest BCUT2D eigenvalue weighted by Gasteiger charge is -2.25. The molecule has 0 heterocycles. The zero-order valence-corrected chi connectivity index (χ0v) is 18.8. The quantitative estimate of drug-likeness (QED) is 0.200. The van der Waals surface area contributed by atoms with E-state index in [1.807, 2.05) is 0 Å². The maximum atomic E-state index is 12.7. The molecule has 2 unspecified atom stereocenters. The highest BCUT2D eigenvalue weighted by molar-refractivity contribution is 7.95. The molecule has 0 amide bonds. The fourth-order valence-electron chi connectivity index (χ4n) is 3.75. The number of methoxy groups -OCH3 is 1. The van der Waals surface area contributed by atoms with Gasteiger partial charge in [-0.25, -0.2) is 8.42 Å². The Morgan fingerprint density at radius 1 is 1.35 bits per heavy atom. The average Bonchev–Trinajstić information content (AvgIpc) is 3.00. The Kier molecular flexibility index (Phi) is 8.80. The zero-order chi connectivity index (χ0) is 23.1. The summed E-state index contributed by atoms with van der Waals surface area (Å²) < 4.78 is 28.5. The Morgan fingerprint density at radius 2 is 2.03 bits per heavy atom. The summed E-state index contributed by atoms with van der Waals surface area (Å²) in [7, 11) is -2.55. The molecule has 0 bridgehead atoms. The SMILES string of the molecule is COC(=O)CCCC#CC=C1C(=O)C(S(C)(=O)=O)=CC1(O)C=CC(O)C1CCCCC1. The number of allylic oxidation sites excluding steroid dienone is 2. The van der Waals surface area contributed by atoms with Gasteiger partial charge in [0, 0.05) is 24.7 Å². The first kappa shape index (κ1) is 25.1. The third-order valence-electron chi connectivity index (χ3n) is 5.56. The molecule has 2 aliphatic carbocycles. The smallest absolute Gasteiger partial charge is 0.305 e. The van der Waals surface area contributed by atoms with Crippen LogP contribution in [0.5, 0.6) is 0 Å². The predicted octanol–water partition coefficient (Wildman–Crippen LogP) is 2.00. The van der Waals surface area contributed by atoms with Gasteiger partial charge in [-0.05, 0) is 43.4 Å². The van der Waals surface area contributed by atoms with Gasteiger partial charge in [-0.15, -0.1) is 0 Å². The lowest BCUT2D eigenvalue weighted by molar-refractivity contribution is -0.140. The van der Waals surface area contributed by atoms with Gasteiger partial charge in [-0.3, -0.25) is 9.59 Å². The number of hydrogen-bond acceptors (Lipinski definition) is 7. The highest BCUT2D eigenvalue weighted by atomic mass is 32.2. The van der Waals surface area contributed by atoms with E-state index in [2.05, 4.69) is 16.6 Å². The number of aliphatic hydroxyl groups is 2. The van der Waals surface area contributed by atoms with Crippen molar-refractivity contribution in [1.29, 1.82) is 0 Å². The van der Waals surface area contributed by atoms with Crippen LogP contribution in [0.2, 0.25) is 0 Å². The Labute approximate surface area is 183 Å². The minimum atomic E-state index is -3.85. The van der Waals surface area contributed by atoms with Crippen molar-refractivity contribution in [2.75, 3.05) is 13.4 Å². The largest absolute Gasteiger partial charge is 0.469 e. The number of esters is 1. The first-order valence-electron chi connectivity index (χ1n) is 10.4. The third kappa shape index (κ3) is 6.89. The van der Waals surface area contributed by atoms with Crippen LogP contribution in [-0.2, 0) is 24.2 Å². The van der Waals surface area contributed by atoms with E-state index in [1.54, 1.807) is 0 Å². The Hall–Kier alpha value is -2.21. The van der Waals surface area contributed by atoms with Crippen molar-refractivity contribution in [2.45, 2.75) is 63.1 Å². The molecule has 0 aromatic heterocycles. The number of carbonyl (C=O) groups is 2. The highest BCUT2D eigenvalue weighted by Gasteiger charge is 2.43. The molecule has 0 radical (unpaired) electrons. The standard InChI is InChI=1S/C23H30O7S/c1-30-21(25)13-9-4-3-8-12-18-22(26)20(31(2,28)29)16-23(18,27)15-14-19(24)17-10-6-5-7-11-17/h12,14-17,19,24,27H,4-7,9-11,13H2,1-2H3. The summed E-state index contributed by atoms with van der Waals surface area (Å²) in [5, 5.41) is 21.5. The molecule has 2 N–H and O–H groups in total. The molecule has 0 aromatic carbocycles. The monoisotopic (exact) mass is 450 g/mol. The Bertz CT molecular complexity index is 940. The number of aliphatic hydroxyl groups excluding tert-OH is 1. The summed E-state index contributed by atoms with van der Waals surface area (Å²) >= 11 is 0.